The molecule has 0 amide bonds. The van der Waals surface area contributed by atoms with Crippen LogP contribution < -0.4 is 0 Å². The zero-order valence-corrected chi connectivity index (χ0v) is 6.42. The third-order valence-electron chi connectivity index (χ3n) is 0.466. The summed E-state index contributed by atoms with van der Waals surface area (Å²) >= 11 is 2.13. The number of hydrogen-bond donors (Lipinski definition) is 0. The lowest BCUT2D eigenvalue weighted by atomic mass is 10.7. The largest absolute Gasteiger partial charge is 0.298 e. The van der Waals surface area contributed by atoms with Crippen LogP contribution in [0.4, 0.5) is 0 Å². The standard InChI is InChI=1S/C5H8IN/c1-3-5-7(6)4-2/h3-5H,2H2,1H3/b5-3-. The fourth-order valence-electron chi connectivity index (χ4n) is 0.203. The second-order valence-electron chi connectivity index (χ2n) is 1.01. The Hall–Kier alpha value is 0.01000. The SMILES string of the molecule is C=CN(I)/C=C\C. The predicted octanol–water partition coefficient (Wildman–Crippen LogP) is 2.32. The Balaban J connectivity index is 3.35. The molecule has 0 bridgehead atoms. The Morgan fingerprint density at radius 1 is 1.71 bits per heavy atom. The summed E-state index contributed by atoms with van der Waals surface area (Å²) < 4.78 is 1.86. The van der Waals surface area contributed by atoms with Gasteiger partial charge < -0.3 is 0 Å². The molecule has 0 heterocycles. The molecule has 0 rings (SSSR count). The molecule has 7 heavy (non-hydrogen) atoms. The van der Waals surface area contributed by atoms with Crippen molar-refractivity contribution in [3.05, 3.63) is 25.1 Å². The Bertz CT molecular complexity index is 78.1. The van der Waals surface area contributed by atoms with Crippen LogP contribution in [-0.4, -0.2) is 3.11 Å². The maximum absolute atomic E-state index is 3.55. The van der Waals surface area contributed by atoms with Gasteiger partial charge in [0.15, 0.2) is 0 Å². The highest BCUT2D eigenvalue weighted by Crippen LogP contribution is 1.97. The number of nitrogens with zero attached hydrogens (tertiary/aromatic N) is 1. The summed E-state index contributed by atoms with van der Waals surface area (Å²) in [5.74, 6) is 0. The van der Waals surface area contributed by atoms with Crippen molar-refractivity contribution in [3.8, 4) is 0 Å². The van der Waals surface area contributed by atoms with Gasteiger partial charge in [0, 0.05) is 12.4 Å². The molecule has 1 nitrogen and oxygen atoms in total. The summed E-state index contributed by atoms with van der Waals surface area (Å²) in [7, 11) is 0. The van der Waals surface area contributed by atoms with Crippen LogP contribution in [0.3, 0.4) is 0 Å². The van der Waals surface area contributed by atoms with E-state index in [1.807, 2.05) is 22.3 Å². The Labute approximate surface area is 58.2 Å². The normalized spacial score (nSPS) is 9.43. The lowest BCUT2D eigenvalue weighted by Crippen LogP contribution is -1.85. The minimum Gasteiger partial charge on any atom is -0.298 e. The third-order valence-corrected chi connectivity index (χ3v) is 1.18. The molecule has 0 fully saturated rings. The number of halogens is 1. The van der Waals surface area contributed by atoms with E-state index < -0.39 is 0 Å². The molecule has 0 atom stereocenters. The van der Waals surface area contributed by atoms with E-state index in [0.29, 0.717) is 0 Å². The smallest absolute Gasteiger partial charge is 0.0634 e. The van der Waals surface area contributed by atoms with Crippen LogP contribution in [-0.2, 0) is 0 Å². The topological polar surface area (TPSA) is 3.24 Å². The molecule has 0 aromatic heterocycles. The summed E-state index contributed by atoms with van der Waals surface area (Å²) in [4.78, 5) is 0. The van der Waals surface area contributed by atoms with Crippen molar-refractivity contribution in [1.29, 1.82) is 0 Å². The minimum absolute atomic E-state index is 1.74. The van der Waals surface area contributed by atoms with Crippen molar-refractivity contribution in [2.75, 3.05) is 0 Å². The first-order valence-electron chi connectivity index (χ1n) is 2.00. The van der Waals surface area contributed by atoms with Gasteiger partial charge in [-0.2, -0.15) is 0 Å². The zero-order chi connectivity index (χ0) is 5.70. The zero-order valence-electron chi connectivity index (χ0n) is 4.26. The van der Waals surface area contributed by atoms with Crippen molar-refractivity contribution in [3.63, 3.8) is 0 Å². The molecule has 0 unspecified atom stereocenters. The van der Waals surface area contributed by atoms with Gasteiger partial charge in [-0.3, -0.25) is 3.11 Å². The number of hydrogen-bond acceptors (Lipinski definition) is 1. The average molecular weight is 209 g/mol. The molecule has 0 aliphatic carbocycles. The molecule has 0 aliphatic heterocycles. The maximum atomic E-state index is 3.55. The molecular formula is C5H8IN. The van der Waals surface area contributed by atoms with Gasteiger partial charge in [-0.15, -0.1) is 0 Å². The lowest BCUT2D eigenvalue weighted by molar-refractivity contribution is 0.919. The van der Waals surface area contributed by atoms with Crippen LogP contribution in [0.2, 0.25) is 0 Å². The summed E-state index contributed by atoms with van der Waals surface area (Å²) in [6, 6.07) is 0. The van der Waals surface area contributed by atoms with Gasteiger partial charge >= 0.3 is 0 Å². The first-order valence-corrected chi connectivity index (χ1v) is 2.97. The van der Waals surface area contributed by atoms with Crippen LogP contribution in [0.15, 0.2) is 25.1 Å². The molecule has 0 aromatic rings. The number of rotatable bonds is 2. The minimum atomic E-state index is 1.74. The van der Waals surface area contributed by atoms with Crippen LogP contribution in [0.5, 0.6) is 0 Å². The van der Waals surface area contributed by atoms with Gasteiger partial charge in [-0.25, -0.2) is 0 Å². The molecule has 0 saturated carbocycles. The van der Waals surface area contributed by atoms with Crippen LogP contribution in [0.25, 0.3) is 0 Å². The van der Waals surface area contributed by atoms with Gasteiger partial charge in [-0.1, -0.05) is 12.7 Å². The highest BCUT2D eigenvalue weighted by molar-refractivity contribution is 14.1. The van der Waals surface area contributed by atoms with Crippen molar-refractivity contribution >= 4 is 22.9 Å². The fraction of sp³-hybridized carbons (Fsp3) is 0.200. The molecule has 0 saturated heterocycles. The van der Waals surface area contributed by atoms with Crippen molar-refractivity contribution < 1.29 is 0 Å². The molecule has 40 valence electrons. The maximum Gasteiger partial charge on any atom is 0.0634 e. The second-order valence-corrected chi connectivity index (χ2v) is 2.12. The van der Waals surface area contributed by atoms with Gasteiger partial charge in [0.2, 0.25) is 0 Å². The lowest BCUT2D eigenvalue weighted by Gasteiger charge is -1.98. The van der Waals surface area contributed by atoms with E-state index in [1.165, 1.54) is 0 Å². The highest BCUT2D eigenvalue weighted by Gasteiger charge is 1.74. The molecule has 0 N–H and O–H groups in total. The van der Waals surface area contributed by atoms with Crippen molar-refractivity contribution in [2.24, 2.45) is 0 Å². The van der Waals surface area contributed by atoms with Crippen LogP contribution >= 0.6 is 22.9 Å². The van der Waals surface area contributed by atoms with Crippen LogP contribution in [0, 0.1) is 0 Å². The van der Waals surface area contributed by atoms with E-state index >= 15 is 0 Å². The monoisotopic (exact) mass is 209 g/mol. The molecule has 0 spiro atoms. The van der Waals surface area contributed by atoms with E-state index in [2.05, 4.69) is 29.4 Å². The molecule has 0 aliphatic rings. The average Bonchev–Trinajstić information content (AvgIpc) is 1.68. The van der Waals surface area contributed by atoms with E-state index in [4.69, 9.17) is 0 Å². The third kappa shape index (κ3) is 3.85. The molecule has 2 heteroatoms. The van der Waals surface area contributed by atoms with Gasteiger partial charge in [0.25, 0.3) is 0 Å². The van der Waals surface area contributed by atoms with Crippen molar-refractivity contribution in [1.82, 2.24) is 3.11 Å². The summed E-state index contributed by atoms with van der Waals surface area (Å²) in [6.45, 7) is 5.51. The van der Waals surface area contributed by atoms with E-state index in [1.54, 1.807) is 6.20 Å². The first-order chi connectivity index (χ1) is 3.31. The number of allylic oxidation sites excluding steroid dienone is 1. The Morgan fingerprint density at radius 3 is 2.43 bits per heavy atom. The van der Waals surface area contributed by atoms with E-state index in [9.17, 15) is 0 Å². The summed E-state index contributed by atoms with van der Waals surface area (Å²) in [5, 5.41) is 0. The van der Waals surface area contributed by atoms with E-state index in [-0.39, 0.29) is 0 Å². The second kappa shape index (κ2) is 4.18. The molecule has 0 aromatic carbocycles. The quantitative estimate of drug-likeness (QED) is 0.498. The predicted molar refractivity (Wildman–Crippen MR) is 40.9 cm³/mol. The highest BCUT2D eigenvalue weighted by atomic mass is 127. The first kappa shape index (κ1) is 7.01. The fourth-order valence-corrected chi connectivity index (χ4v) is 0.525. The van der Waals surface area contributed by atoms with Crippen molar-refractivity contribution in [2.45, 2.75) is 6.92 Å². The summed E-state index contributed by atoms with van der Waals surface area (Å²) in [6.07, 6.45) is 5.61. The summed E-state index contributed by atoms with van der Waals surface area (Å²) in [5.41, 5.74) is 0. The Kier molecular flexibility index (Phi) is 4.18. The van der Waals surface area contributed by atoms with Gasteiger partial charge in [0.1, 0.15) is 0 Å². The van der Waals surface area contributed by atoms with Crippen LogP contribution in [0.1, 0.15) is 6.92 Å². The molecule has 0 radical (unpaired) electrons. The molecular weight excluding hydrogens is 201 g/mol. The van der Waals surface area contributed by atoms with E-state index in [0.717, 1.165) is 0 Å². The van der Waals surface area contributed by atoms with Gasteiger partial charge in [-0.05, 0) is 6.92 Å². The van der Waals surface area contributed by atoms with Gasteiger partial charge in [0.05, 0.1) is 22.9 Å². The Morgan fingerprint density at radius 2 is 2.29 bits per heavy atom.